The van der Waals surface area contributed by atoms with Gasteiger partial charge in [0, 0.05) is 12.6 Å². The van der Waals surface area contributed by atoms with Crippen LogP contribution in [0.3, 0.4) is 0 Å². The number of pyridine rings is 1. The number of rotatable bonds is 8. The normalized spacial score (nSPS) is 17.6. The first kappa shape index (κ1) is 26.0. The van der Waals surface area contributed by atoms with Crippen LogP contribution in [0.4, 0.5) is 8.78 Å². The number of carbonyl (C=O) groups excluding carboxylic acids is 1. The van der Waals surface area contributed by atoms with Crippen molar-refractivity contribution in [2.45, 2.75) is 58.5 Å². The van der Waals surface area contributed by atoms with Gasteiger partial charge in [-0.25, -0.2) is 13.8 Å². The Morgan fingerprint density at radius 2 is 1.87 bits per heavy atom. The molecule has 0 aliphatic carbocycles. The van der Waals surface area contributed by atoms with Crippen molar-refractivity contribution in [1.82, 2.24) is 9.38 Å². The van der Waals surface area contributed by atoms with Crippen molar-refractivity contribution in [3.05, 3.63) is 101 Å². The summed E-state index contributed by atoms with van der Waals surface area (Å²) >= 11 is 0. The van der Waals surface area contributed by atoms with Crippen molar-refractivity contribution in [3.63, 3.8) is 0 Å². The van der Waals surface area contributed by atoms with Gasteiger partial charge in [-0.3, -0.25) is 9.20 Å². The highest BCUT2D eigenvalue weighted by molar-refractivity contribution is 5.97. The Kier molecular flexibility index (Phi) is 7.03. The second-order valence-electron chi connectivity index (χ2n) is 10.1. The van der Waals surface area contributed by atoms with Crippen LogP contribution in [-0.2, 0) is 16.1 Å². The van der Waals surface area contributed by atoms with Gasteiger partial charge >= 0.3 is 0 Å². The number of ketones is 1. The van der Waals surface area contributed by atoms with Crippen LogP contribution in [0.2, 0.25) is 0 Å². The fourth-order valence-corrected chi connectivity index (χ4v) is 5.00. The van der Waals surface area contributed by atoms with Crippen LogP contribution < -0.4 is 4.74 Å². The fourth-order valence-electron chi connectivity index (χ4n) is 5.00. The number of carbonyl (C=O) groups is 1. The molecule has 0 saturated carbocycles. The molecule has 38 heavy (non-hydrogen) atoms. The van der Waals surface area contributed by atoms with Gasteiger partial charge in [0.1, 0.15) is 30.0 Å². The van der Waals surface area contributed by atoms with Gasteiger partial charge in [-0.15, -0.1) is 0 Å². The quantitative estimate of drug-likeness (QED) is 0.242. The second-order valence-corrected chi connectivity index (χ2v) is 10.1. The summed E-state index contributed by atoms with van der Waals surface area (Å²) in [7, 11) is 0. The SMILES string of the molecule is Cc1nc2c(OCc3c(F)cccc3F)cccn2c1C(=O)C[C@@H](C)c1ccccc1[C@H]1COC(C)(C)O1. The topological polar surface area (TPSA) is 62.1 Å². The molecule has 6 nitrogen and oxygen atoms in total. The van der Waals surface area contributed by atoms with Crippen molar-refractivity contribution in [3.8, 4) is 5.75 Å². The van der Waals surface area contributed by atoms with E-state index in [0.717, 1.165) is 11.1 Å². The third kappa shape index (κ3) is 5.06. The number of Topliss-reactive ketones (excluding diaryl/α,β-unsaturated/α-hetero) is 1. The minimum Gasteiger partial charge on any atom is -0.485 e. The summed E-state index contributed by atoms with van der Waals surface area (Å²) in [4.78, 5) is 18.1. The highest BCUT2D eigenvalue weighted by Gasteiger charge is 2.35. The second kappa shape index (κ2) is 10.3. The summed E-state index contributed by atoms with van der Waals surface area (Å²) in [5.74, 6) is -1.84. The van der Waals surface area contributed by atoms with E-state index in [4.69, 9.17) is 14.2 Å². The van der Waals surface area contributed by atoms with Gasteiger partial charge < -0.3 is 14.2 Å². The first-order valence-corrected chi connectivity index (χ1v) is 12.6. The van der Waals surface area contributed by atoms with E-state index in [9.17, 15) is 13.6 Å². The van der Waals surface area contributed by atoms with Gasteiger partial charge in [0.15, 0.2) is 23.0 Å². The monoisotopic (exact) mass is 520 g/mol. The Morgan fingerprint density at radius 3 is 2.58 bits per heavy atom. The molecule has 0 amide bonds. The van der Waals surface area contributed by atoms with Crippen LogP contribution in [0.5, 0.6) is 5.75 Å². The Hall–Kier alpha value is -3.62. The summed E-state index contributed by atoms with van der Waals surface area (Å²) < 4.78 is 47.4. The molecule has 198 valence electrons. The van der Waals surface area contributed by atoms with Gasteiger partial charge in [0.05, 0.1) is 17.9 Å². The van der Waals surface area contributed by atoms with E-state index in [0.29, 0.717) is 29.4 Å². The molecule has 2 atom stereocenters. The van der Waals surface area contributed by atoms with Crippen LogP contribution in [0, 0.1) is 18.6 Å². The highest BCUT2D eigenvalue weighted by Crippen LogP contribution is 2.37. The van der Waals surface area contributed by atoms with Gasteiger partial charge in [0.2, 0.25) is 0 Å². The summed E-state index contributed by atoms with van der Waals surface area (Å²) in [6.45, 7) is 7.72. The van der Waals surface area contributed by atoms with E-state index in [2.05, 4.69) is 4.98 Å². The van der Waals surface area contributed by atoms with E-state index in [1.165, 1.54) is 18.2 Å². The molecule has 0 bridgehead atoms. The number of ether oxygens (including phenoxy) is 3. The average Bonchev–Trinajstić information content (AvgIpc) is 3.42. The Morgan fingerprint density at radius 1 is 1.13 bits per heavy atom. The van der Waals surface area contributed by atoms with Crippen LogP contribution in [0.25, 0.3) is 5.65 Å². The number of imidazole rings is 1. The van der Waals surface area contributed by atoms with Gasteiger partial charge in [0.25, 0.3) is 0 Å². The first-order chi connectivity index (χ1) is 18.1. The van der Waals surface area contributed by atoms with E-state index in [1.54, 1.807) is 29.7 Å². The molecule has 0 spiro atoms. The Labute approximate surface area is 220 Å². The number of benzene rings is 2. The molecule has 1 fully saturated rings. The van der Waals surface area contributed by atoms with E-state index in [-0.39, 0.29) is 36.4 Å². The predicted molar refractivity (Wildman–Crippen MR) is 138 cm³/mol. The molecular formula is C30H30F2N2O4. The number of hydrogen-bond acceptors (Lipinski definition) is 5. The third-order valence-corrected chi connectivity index (χ3v) is 6.86. The maximum absolute atomic E-state index is 14.1. The molecule has 4 aromatic rings. The van der Waals surface area contributed by atoms with Crippen molar-refractivity contribution < 1.29 is 27.8 Å². The lowest BCUT2D eigenvalue weighted by molar-refractivity contribution is -0.139. The van der Waals surface area contributed by atoms with E-state index >= 15 is 0 Å². The molecule has 2 aromatic carbocycles. The number of aryl methyl sites for hydroxylation is 1. The zero-order chi connectivity index (χ0) is 27.0. The number of nitrogens with zero attached hydrogens (tertiary/aromatic N) is 2. The van der Waals surface area contributed by atoms with Crippen LogP contribution in [0.15, 0.2) is 60.8 Å². The van der Waals surface area contributed by atoms with Crippen molar-refractivity contribution in [1.29, 1.82) is 0 Å². The molecule has 0 N–H and O–H groups in total. The van der Waals surface area contributed by atoms with Crippen molar-refractivity contribution >= 4 is 11.4 Å². The maximum Gasteiger partial charge on any atom is 0.182 e. The largest absolute Gasteiger partial charge is 0.485 e. The third-order valence-electron chi connectivity index (χ3n) is 6.86. The predicted octanol–water partition coefficient (Wildman–Crippen LogP) is 6.70. The zero-order valence-electron chi connectivity index (χ0n) is 21.8. The molecule has 0 radical (unpaired) electrons. The first-order valence-electron chi connectivity index (χ1n) is 12.6. The summed E-state index contributed by atoms with van der Waals surface area (Å²) in [5.41, 5.74) is 3.31. The summed E-state index contributed by atoms with van der Waals surface area (Å²) in [6.07, 6.45) is 1.80. The lowest BCUT2D eigenvalue weighted by atomic mass is 9.89. The molecule has 1 aliphatic heterocycles. The zero-order valence-corrected chi connectivity index (χ0v) is 21.8. The molecule has 0 unspecified atom stereocenters. The molecule has 8 heteroatoms. The van der Waals surface area contributed by atoms with E-state index < -0.39 is 17.4 Å². The van der Waals surface area contributed by atoms with Crippen LogP contribution in [0.1, 0.15) is 72.1 Å². The Balaban J connectivity index is 1.38. The maximum atomic E-state index is 14.1. The molecular weight excluding hydrogens is 490 g/mol. The average molecular weight is 521 g/mol. The van der Waals surface area contributed by atoms with E-state index in [1.807, 2.05) is 45.0 Å². The van der Waals surface area contributed by atoms with Crippen LogP contribution >= 0.6 is 0 Å². The minimum absolute atomic E-state index is 0.0708. The van der Waals surface area contributed by atoms with Crippen molar-refractivity contribution in [2.75, 3.05) is 6.61 Å². The van der Waals surface area contributed by atoms with Crippen molar-refractivity contribution in [2.24, 2.45) is 0 Å². The van der Waals surface area contributed by atoms with Gasteiger partial charge in [-0.2, -0.15) is 0 Å². The Bertz CT molecular complexity index is 1480. The van der Waals surface area contributed by atoms with Gasteiger partial charge in [-0.05, 0) is 62.1 Å². The highest BCUT2D eigenvalue weighted by atomic mass is 19.1. The lowest BCUT2D eigenvalue weighted by Crippen LogP contribution is -2.20. The molecule has 3 heterocycles. The standard InChI is InChI=1S/C30H30F2N2O4/c1-18(20-9-5-6-10-21(20)27-17-37-30(3,4)38-27)15-25(35)28-19(2)33-29-26(13-8-14-34(28)29)36-16-22-23(31)11-7-12-24(22)32/h5-14,18,27H,15-17H2,1-4H3/t18-,27-/m1/s1. The minimum atomic E-state index is -0.681. The summed E-state index contributed by atoms with van der Waals surface area (Å²) in [6, 6.07) is 15.0. The molecule has 5 rings (SSSR count). The fraction of sp³-hybridized carbons (Fsp3) is 0.333. The molecule has 1 aliphatic rings. The smallest absolute Gasteiger partial charge is 0.182 e. The number of fused-ring (bicyclic) bond motifs is 1. The molecule has 2 aromatic heterocycles. The molecule has 1 saturated heterocycles. The van der Waals surface area contributed by atoms with Gasteiger partial charge in [-0.1, -0.05) is 37.3 Å². The lowest BCUT2D eigenvalue weighted by Gasteiger charge is -2.21. The number of aromatic nitrogens is 2. The summed E-state index contributed by atoms with van der Waals surface area (Å²) in [5, 5.41) is 0. The van der Waals surface area contributed by atoms with Crippen LogP contribution in [-0.4, -0.2) is 27.6 Å². The number of halogens is 2. The number of hydrogen-bond donors (Lipinski definition) is 0.